The Labute approximate surface area is 185 Å². The van der Waals surface area contributed by atoms with Crippen molar-refractivity contribution in [3.63, 3.8) is 0 Å². The normalized spacial score (nSPS) is 14.5. The zero-order valence-corrected chi connectivity index (χ0v) is 18.7. The largest absolute Gasteiger partial charge is 0.474 e. The van der Waals surface area contributed by atoms with Gasteiger partial charge in [0.05, 0.1) is 16.6 Å². The van der Waals surface area contributed by atoms with Gasteiger partial charge < -0.3 is 4.74 Å². The molecule has 0 saturated carbocycles. The van der Waals surface area contributed by atoms with E-state index in [1.807, 2.05) is 13.8 Å². The second-order valence-corrected chi connectivity index (χ2v) is 9.57. The van der Waals surface area contributed by atoms with Crippen molar-refractivity contribution in [2.45, 2.75) is 37.7 Å². The SMILES string of the molecule is CC(C)Oc1ncc(C(=O)NNC(=O)c2cccc(S(=O)(=O)N3CCCC3)c2)cc1Cl. The molecule has 11 heteroatoms. The third-order valence-corrected chi connectivity index (χ3v) is 6.67. The molecule has 0 unspecified atom stereocenters. The van der Waals surface area contributed by atoms with Crippen molar-refractivity contribution in [1.29, 1.82) is 0 Å². The van der Waals surface area contributed by atoms with Crippen LogP contribution in [0.2, 0.25) is 5.02 Å². The van der Waals surface area contributed by atoms with Gasteiger partial charge in [0.25, 0.3) is 11.8 Å². The molecule has 2 amide bonds. The maximum Gasteiger partial charge on any atom is 0.271 e. The zero-order chi connectivity index (χ0) is 22.6. The molecule has 1 aromatic heterocycles. The number of carbonyl (C=O) groups is 2. The highest BCUT2D eigenvalue weighted by Crippen LogP contribution is 2.23. The molecule has 2 N–H and O–H groups in total. The number of nitrogens with zero attached hydrogens (tertiary/aromatic N) is 2. The molecular formula is C20H23ClN4O5S. The lowest BCUT2D eigenvalue weighted by molar-refractivity contribution is 0.0846. The van der Waals surface area contributed by atoms with E-state index >= 15 is 0 Å². The van der Waals surface area contributed by atoms with Crippen LogP contribution in [0.25, 0.3) is 0 Å². The van der Waals surface area contributed by atoms with Crippen molar-refractivity contribution in [1.82, 2.24) is 20.1 Å². The van der Waals surface area contributed by atoms with Gasteiger partial charge in [-0.2, -0.15) is 4.31 Å². The fourth-order valence-electron chi connectivity index (χ4n) is 2.99. The first kappa shape index (κ1) is 23.0. The van der Waals surface area contributed by atoms with Crippen LogP contribution in [0.4, 0.5) is 0 Å². The van der Waals surface area contributed by atoms with Gasteiger partial charge in [0.1, 0.15) is 5.02 Å². The molecule has 0 radical (unpaired) electrons. The summed E-state index contributed by atoms with van der Waals surface area (Å²) in [7, 11) is -3.66. The van der Waals surface area contributed by atoms with Gasteiger partial charge in [0.2, 0.25) is 15.9 Å². The Kier molecular flexibility index (Phi) is 7.14. The van der Waals surface area contributed by atoms with Crippen molar-refractivity contribution in [2.24, 2.45) is 0 Å². The first-order chi connectivity index (χ1) is 14.7. The number of sulfonamides is 1. The van der Waals surface area contributed by atoms with Crippen molar-refractivity contribution in [3.05, 3.63) is 52.7 Å². The summed E-state index contributed by atoms with van der Waals surface area (Å²) in [5.74, 6) is -1.10. The number of carbonyl (C=O) groups excluding carboxylic acids is 2. The number of ether oxygens (including phenoxy) is 1. The second-order valence-electron chi connectivity index (χ2n) is 7.22. The quantitative estimate of drug-likeness (QED) is 0.631. The summed E-state index contributed by atoms with van der Waals surface area (Å²) < 4.78 is 32.2. The number of hydrogen-bond acceptors (Lipinski definition) is 6. The minimum atomic E-state index is -3.66. The van der Waals surface area contributed by atoms with Crippen LogP contribution in [-0.2, 0) is 10.0 Å². The van der Waals surface area contributed by atoms with E-state index in [9.17, 15) is 18.0 Å². The van der Waals surface area contributed by atoms with E-state index in [0.29, 0.717) is 13.1 Å². The third-order valence-electron chi connectivity index (χ3n) is 4.51. The van der Waals surface area contributed by atoms with E-state index in [2.05, 4.69) is 15.8 Å². The Hall–Kier alpha value is -2.69. The average Bonchev–Trinajstić information content (AvgIpc) is 3.29. The number of amides is 2. The highest BCUT2D eigenvalue weighted by atomic mass is 35.5. The lowest BCUT2D eigenvalue weighted by Crippen LogP contribution is -2.41. The van der Waals surface area contributed by atoms with Crippen LogP contribution >= 0.6 is 11.6 Å². The minimum absolute atomic E-state index is 0.0325. The average molecular weight is 467 g/mol. The Bertz CT molecular complexity index is 1080. The standard InChI is InChI=1S/C20H23ClN4O5S/c1-13(2)30-20-17(21)11-15(12-22-20)19(27)24-23-18(26)14-6-5-7-16(10-14)31(28,29)25-8-3-4-9-25/h5-7,10-13H,3-4,8-9H2,1-2H3,(H,23,26)(H,24,27). The molecule has 1 aliphatic heterocycles. The summed E-state index contributed by atoms with van der Waals surface area (Å²) in [6, 6.07) is 7.04. The van der Waals surface area contributed by atoms with Gasteiger partial charge in [0.15, 0.2) is 0 Å². The Morgan fingerprint density at radius 2 is 1.74 bits per heavy atom. The monoisotopic (exact) mass is 466 g/mol. The summed E-state index contributed by atoms with van der Waals surface area (Å²) in [5.41, 5.74) is 4.74. The fourth-order valence-corrected chi connectivity index (χ4v) is 4.77. The van der Waals surface area contributed by atoms with E-state index in [-0.39, 0.29) is 33.0 Å². The van der Waals surface area contributed by atoms with Crippen LogP contribution in [0.1, 0.15) is 47.4 Å². The molecule has 166 valence electrons. The molecule has 3 rings (SSSR count). The van der Waals surface area contributed by atoms with E-state index < -0.39 is 21.8 Å². The van der Waals surface area contributed by atoms with Gasteiger partial charge in [-0.3, -0.25) is 20.4 Å². The maximum atomic E-state index is 12.7. The lowest BCUT2D eigenvalue weighted by Gasteiger charge is -2.16. The molecule has 0 atom stereocenters. The summed E-state index contributed by atoms with van der Waals surface area (Å²) in [5, 5.41) is 0.160. The van der Waals surface area contributed by atoms with Crippen molar-refractivity contribution < 1.29 is 22.7 Å². The molecule has 2 heterocycles. The van der Waals surface area contributed by atoms with E-state index in [1.54, 1.807) is 0 Å². The molecule has 1 aliphatic rings. The number of nitrogens with one attached hydrogen (secondary N) is 2. The van der Waals surface area contributed by atoms with Crippen molar-refractivity contribution in [3.8, 4) is 5.88 Å². The molecule has 1 fully saturated rings. The third kappa shape index (κ3) is 5.52. The van der Waals surface area contributed by atoms with Gasteiger partial charge in [-0.1, -0.05) is 17.7 Å². The maximum absolute atomic E-state index is 12.7. The van der Waals surface area contributed by atoms with E-state index in [0.717, 1.165) is 12.8 Å². The van der Waals surface area contributed by atoms with Crippen LogP contribution in [0.3, 0.4) is 0 Å². The number of pyridine rings is 1. The van der Waals surface area contributed by atoms with Crippen LogP contribution in [0.5, 0.6) is 5.88 Å². The smallest absolute Gasteiger partial charge is 0.271 e. The molecule has 31 heavy (non-hydrogen) atoms. The number of benzene rings is 1. The van der Waals surface area contributed by atoms with Gasteiger partial charge >= 0.3 is 0 Å². The Morgan fingerprint density at radius 3 is 2.35 bits per heavy atom. The molecule has 1 aromatic carbocycles. The Balaban J connectivity index is 1.66. The first-order valence-corrected chi connectivity index (χ1v) is 11.5. The molecule has 1 saturated heterocycles. The van der Waals surface area contributed by atoms with E-state index in [4.69, 9.17) is 16.3 Å². The highest BCUT2D eigenvalue weighted by Gasteiger charge is 2.27. The number of halogens is 1. The molecule has 0 bridgehead atoms. The summed E-state index contributed by atoms with van der Waals surface area (Å²) in [4.78, 5) is 28.8. The van der Waals surface area contributed by atoms with Crippen LogP contribution in [0.15, 0.2) is 41.4 Å². The number of hydrazine groups is 1. The highest BCUT2D eigenvalue weighted by molar-refractivity contribution is 7.89. The summed E-state index contributed by atoms with van der Waals surface area (Å²) >= 11 is 6.07. The topological polar surface area (TPSA) is 118 Å². The minimum Gasteiger partial charge on any atom is -0.474 e. The number of aromatic nitrogens is 1. The van der Waals surface area contributed by atoms with Crippen LogP contribution < -0.4 is 15.6 Å². The molecule has 0 spiro atoms. The second kappa shape index (κ2) is 9.63. The fraction of sp³-hybridized carbons (Fsp3) is 0.350. The zero-order valence-electron chi connectivity index (χ0n) is 17.1. The first-order valence-electron chi connectivity index (χ1n) is 9.71. The van der Waals surface area contributed by atoms with Crippen molar-refractivity contribution >= 4 is 33.4 Å². The predicted octanol–water partition coefficient (Wildman–Crippen LogP) is 2.38. The van der Waals surface area contributed by atoms with Crippen LogP contribution in [0, 0.1) is 0 Å². The van der Waals surface area contributed by atoms with Gasteiger partial charge in [0, 0.05) is 24.8 Å². The van der Waals surface area contributed by atoms with Gasteiger partial charge in [-0.15, -0.1) is 0 Å². The number of hydrogen-bond donors (Lipinski definition) is 2. The van der Waals surface area contributed by atoms with Crippen LogP contribution in [-0.4, -0.2) is 48.7 Å². The van der Waals surface area contributed by atoms with Gasteiger partial charge in [-0.25, -0.2) is 13.4 Å². The summed E-state index contributed by atoms with van der Waals surface area (Å²) in [6.07, 6.45) is 2.77. The number of rotatable bonds is 6. The van der Waals surface area contributed by atoms with Crippen molar-refractivity contribution in [2.75, 3.05) is 13.1 Å². The summed E-state index contributed by atoms with van der Waals surface area (Å²) in [6.45, 7) is 4.57. The molecule has 2 aromatic rings. The molecule has 0 aliphatic carbocycles. The van der Waals surface area contributed by atoms with E-state index in [1.165, 1.54) is 40.8 Å². The van der Waals surface area contributed by atoms with Gasteiger partial charge in [-0.05, 0) is 51.0 Å². The lowest BCUT2D eigenvalue weighted by atomic mass is 10.2. The Morgan fingerprint density at radius 1 is 1.10 bits per heavy atom. The predicted molar refractivity (Wildman–Crippen MR) is 114 cm³/mol. The molecule has 9 nitrogen and oxygen atoms in total. The molecular weight excluding hydrogens is 444 g/mol.